The van der Waals surface area contributed by atoms with Crippen molar-refractivity contribution >= 4 is 11.9 Å². The Morgan fingerprint density at radius 1 is 0.411 bits per heavy atom. The molecule has 0 saturated carbocycles. The molecule has 56 heavy (non-hydrogen) atoms. The maximum absolute atomic E-state index is 12.5. The van der Waals surface area contributed by atoms with E-state index < -0.39 is 6.10 Å². The van der Waals surface area contributed by atoms with Gasteiger partial charge in [-0.2, -0.15) is 0 Å². The fourth-order valence-electron chi connectivity index (χ4n) is 6.54. The van der Waals surface area contributed by atoms with Crippen molar-refractivity contribution in [3.05, 3.63) is 60.8 Å². The Bertz CT molecular complexity index is 977. The van der Waals surface area contributed by atoms with Crippen LogP contribution in [0.3, 0.4) is 0 Å². The standard InChI is InChI=1S/C51H90O5/c1-4-7-10-13-15-17-19-21-23-25-27-29-31-33-35-37-40-43-46-54-47-49(56-51(53)45-42-38-12-9-6-3)48-55-50(52)44-41-39-36-34-32-30-28-26-24-22-20-18-16-14-11-8-5-2/h7,10,15,17,21,23,27,29,33,35,49H,4-6,8-9,11-14,16,18-20,22,24-26,28,30-32,34,36-48H2,1-3H3/b10-7-,17-15-,23-21-,29-27-,35-33-. The Morgan fingerprint density at radius 2 is 0.804 bits per heavy atom. The van der Waals surface area contributed by atoms with Gasteiger partial charge in [0.25, 0.3) is 0 Å². The van der Waals surface area contributed by atoms with E-state index in [-0.39, 0.29) is 25.2 Å². The molecule has 0 aromatic rings. The number of hydrogen-bond donors (Lipinski definition) is 0. The van der Waals surface area contributed by atoms with E-state index >= 15 is 0 Å². The normalized spacial score (nSPS) is 12.7. The van der Waals surface area contributed by atoms with Gasteiger partial charge in [0.15, 0.2) is 6.10 Å². The number of ether oxygens (including phenoxy) is 3. The number of carbonyl (C=O) groups is 2. The molecule has 0 aliphatic rings. The second-order valence-electron chi connectivity index (χ2n) is 15.6. The quantitative estimate of drug-likeness (QED) is 0.0350. The van der Waals surface area contributed by atoms with Crippen LogP contribution in [0.15, 0.2) is 60.8 Å². The summed E-state index contributed by atoms with van der Waals surface area (Å²) in [6.07, 6.45) is 58.3. The molecule has 0 aromatic heterocycles. The first-order valence-corrected chi connectivity index (χ1v) is 23.8. The third-order valence-corrected chi connectivity index (χ3v) is 10.1. The molecule has 0 bridgehead atoms. The minimum atomic E-state index is -0.552. The molecule has 0 aliphatic heterocycles. The Labute approximate surface area is 347 Å². The molecule has 0 amide bonds. The highest BCUT2D eigenvalue weighted by Gasteiger charge is 2.17. The summed E-state index contributed by atoms with van der Waals surface area (Å²) in [4.78, 5) is 25.1. The molecule has 0 fully saturated rings. The van der Waals surface area contributed by atoms with Crippen molar-refractivity contribution in [2.45, 2.75) is 232 Å². The van der Waals surface area contributed by atoms with Gasteiger partial charge in [-0.3, -0.25) is 9.59 Å². The van der Waals surface area contributed by atoms with E-state index in [9.17, 15) is 9.59 Å². The first-order valence-electron chi connectivity index (χ1n) is 23.8. The van der Waals surface area contributed by atoms with Crippen LogP contribution < -0.4 is 0 Å². The fraction of sp³-hybridized carbons (Fsp3) is 0.765. The van der Waals surface area contributed by atoms with Crippen molar-refractivity contribution in [2.75, 3.05) is 19.8 Å². The van der Waals surface area contributed by atoms with Crippen molar-refractivity contribution in [1.82, 2.24) is 0 Å². The van der Waals surface area contributed by atoms with Gasteiger partial charge in [0.2, 0.25) is 0 Å². The Balaban J connectivity index is 4.10. The molecule has 0 heterocycles. The Hall–Kier alpha value is -2.40. The van der Waals surface area contributed by atoms with Gasteiger partial charge in [0, 0.05) is 19.4 Å². The average Bonchev–Trinajstić information content (AvgIpc) is 3.20. The van der Waals surface area contributed by atoms with Crippen LogP contribution >= 0.6 is 0 Å². The van der Waals surface area contributed by atoms with Gasteiger partial charge in [-0.25, -0.2) is 0 Å². The molecule has 0 aromatic carbocycles. The molecule has 0 rings (SSSR count). The van der Waals surface area contributed by atoms with Gasteiger partial charge >= 0.3 is 11.9 Å². The average molecular weight is 783 g/mol. The maximum atomic E-state index is 12.5. The smallest absolute Gasteiger partial charge is 0.306 e. The van der Waals surface area contributed by atoms with E-state index in [1.54, 1.807) is 0 Å². The first-order chi connectivity index (χ1) is 27.6. The van der Waals surface area contributed by atoms with Crippen molar-refractivity contribution < 1.29 is 23.8 Å². The molecule has 5 heteroatoms. The van der Waals surface area contributed by atoms with Crippen LogP contribution in [0.4, 0.5) is 0 Å². The molecule has 0 saturated heterocycles. The highest BCUT2D eigenvalue weighted by molar-refractivity contribution is 5.70. The van der Waals surface area contributed by atoms with Crippen molar-refractivity contribution in [3.63, 3.8) is 0 Å². The zero-order valence-electron chi connectivity index (χ0n) is 37.1. The second-order valence-corrected chi connectivity index (χ2v) is 15.6. The summed E-state index contributed by atoms with van der Waals surface area (Å²) < 4.78 is 17.2. The van der Waals surface area contributed by atoms with Crippen LogP contribution in [-0.4, -0.2) is 37.9 Å². The largest absolute Gasteiger partial charge is 0.462 e. The molecule has 0 aliphatic carbocycles. The summed E-state index contributed by atoms with van der Waals surface area (Å²) in [6, 6.07) is 0. The number of carbonyl (C=O) groups excluding carboxylic acids is 2. The molecular formula is C51H90O5. The van der Waals surface area contributed by atoms with Crippen LogP contribution in [0, 0.1) is 0 Å². The molecule has 5 nitrogen and oxygen atoms in total. The SMILES string of the molecule is CC/C=C\C/C=C\C/C=C\C/C=C\C/C=C\CCCCOCC(COC(=O)CCCCCCCCCCCCCCCCCCC)OC(=O)CCCCCCC. The summed E-state index contributed by atoms with van der Waals surface area (Å²) in [7, 11) is 0. The second kappa shape index (κ2) is 47.0. The van der Waals surface area contributed by atoms with Crippen LogP contribution in [0.1, 0.15) is 226 Å². The number of rotatable bonds is 43. The number of hydrogen-bond acceptors (Lipinski definition) is 5. The molecule has 324 valence electrons. The third kappa shape index (κ3) is 44.3. The number of unbranched alkanes of at least 4 members (excludes halogenated alkanes) is 22. The summed E-state index contributed by atoms with van der Waals surface area (Å²) >= 11 is 0. The summed E-state index contributed by atoms with van der Waals surface area (Å²) in [5.41, 5.74) is 0. The Morgan fingerprint density at radius 3 is 1.25 bits per heavy atom. The summed E-state index contributed by atoms with van der Waals surface area (Å²) in [6.45, 7) is 7.56. The van der Waals surface area contributed by atoms with Crippen molar-refractivity contribution in [1.29, 1.82) is 0 Å². The monoisotopic (exact) mass is 783 g/mol. The summed E-state index contributed by atoms with van der Waals surface area (Å²) in [5, 5.41) is 0. The van der Waals surface area contributed by atoms with Crippen LogP contribution in [0.25, 0.3) is 0 Å². The zero-order chi connectivity index (χ0) is 40.7. The van der Waals surface area contributed by atoms with E-state index in [0.29, 0.717) is 19.4 Å². The lowest BCUT2D eigenvalue weighted by Gasteiger charge is -2.18. The minimum Gasteiger partial charge on any atom is -0.462 e. The third-order valence-electron chi connectivity index (χ3n) is 10.1. The van der Waals surface area contributed by atoms with Crippen molar-refractivity contribution in [3.8, 4) is 0 Å². The van der Waals surface area contributed by atoms with Gasteiger partial charge in [-0.1, -0.05) is 210 Å². The molecule has 1 unspecified atom stereocenters. The Kier molecular flexibility index (Phi) is 45.0. The number of esters is 2. The van der Waals surface area contributed by atoms with Gasteiger partial charge in [0.1, 0.15) is 6.61 Å². The lowest BCUT2D eigenvalue weighted by atomic mass is 10.0. The predicted molar refractivity (Wildman–Crippen MR) is 242 cm³/mol. The van der Waals surface area contributed by atoms with Gasteiger partial charge < -0.3 is 14.2 Å². The molecule has 0 spiro atoms. The lowest BCUT2D eigenvalue weighted by molar-refractivity contribution is -0.163. The maximum Gasteiger partial charge on any atom is 0.306 e. The predicted octanol–water partition coefficient (Wildman–Crippen LogP) is 15.8. The molecule has 0 N–H and O–H groups in total. The van der Waals surface area contributed by atoms with E-state index in [4.69, 9.17) is 14.2 Å². The van der Waals surface area contributed by atoms with E-state index in [1.807, 2.05) is 0 Å². The summed E-state index contributed by atoms with van der Waals surface area (Å²) in [5.74, 6) is -0.429. The highest BCUT2D eigenvalue weighted by Crippen LogP contribution is 2.15. The zero-order valence-corrected chi connectivity index (χ0v) is 37.1. The molecular weight excluding hydrogens is 693 g/mol. The first kappa shape index (κ1) is 53.6. The van der Waals surface area contributed by atoms with Crippen molar-refractivity contribution in [2.24, 2.45) is 0 Å². The highest BCUT2D eigenvalue weighted by atomic mass is 16.6. The molecule has 0 radical (unpaired) electrons. The fourth-order valence-corrected chi connectivity index (χ4v) is 6.54. The number of allylic oxidation sites excluding steroid dienone is 10. The van der Waals surface area contributed by atoms with E-state index in [0.717, 1.165) is 83.5 Å². The van der Waals surface area contributed by atoms with E-state index in [2.05, 4.69) is 81.5 Å². The molecule has 1 atom stereocenters. The van der Waals surface area contributed by atoms with Gasteiger partial charge in [-0.15, -0.1) is 0 Å². The van der Waals surface area contributed by atoms with Gasteiger partial charge in [-0.05, 0) is 64.2 Å². The minimum absolute atomic E-state index is 0.0689. The van der Waals surface area contributed by atoms with Crippen LogP contribution in [-0.2, 0) is 23.8 Å². The van der Waals surface area contributed by atoms with Crippen LogP contribution in [0.2, 0.25) is 0 Å². The van der Waals surface area contributed by atoms with Crippen LogP contribution in [0.5, 0.6) is 0 Å². The van der Waals surface area contributed by atoms with Gasteiger partial charge in [0.05, 0.1) is 6.61 Å². The van der Waals surface area contributed by atoms with E-state index in [1.165, 1.54) is 109 Å². The topological polar surface area (TPSA) is 61.8 Å². The lowest BCUT2D eigenvalue weighted by Crippen LogP contribution is -2.30.